The van der Waals surface area contributed by atoms with Gasteiger partial charge in [-0.05, 0) is 27.4 Å². The molecule has 0 amide bonds. The summed E-state index contributed by atoms with van der Waals surface area (Å²) in [5.41, 5.74) is 2.54. The smallest absolute Gasteiger partial charge is 0.0722 e. The quantitative estimate of drug-likeness (QED) is 0.915. The van der Waals surface area contributed by atoms with Crippen LogP contribution in [0, 0.1) is 0 Å². The fourth-order valence-electron chi connectivity index (χ4n) is 2.06. The van der Waals surface area contributed by atoms with Gasteiger partial charge in [0.2, 0.25) is 0 Å². The second-order valence-corrected chi connectivity index (χ2v) is 7.58. The van der Waals surface area contributed by atoms with Gasteiger partial charge in [0.15, 0.2) is 0 Å². The highest BCUT2D eigenvalue weighted by molar-refractivity contribution is 9.10. The Morgan fingerprint density at radius 1 is 1.37 bits per heavy atom. The zero-order chi connectivity index (χ0) is 14.0. The van der Waals surface area contributed by atoms with Crippen molar-refractivity contribution in [3.05, 3.63) is 38.3 Å². The molecule has 0 aliphatic carbocycles. The van der Waals surface area contributed by atoms with Crippen LogP contribution in [0.4, 0.5) is 0 Å². The molecular formula is C14H20BrN3S. The summed E-state index contributed by atoms with van der Waals surface area (Å²) in [7, 11) is 1.98. The second-order valence-electron chi connectivity index (χ2n) is 5.72. The van der Waals surface area contributed by atoms with E-state index in [0.717, 1.165) is 13.1 Å². The molecule has 5 heteroatoms. The maximum absolute atomic E-state index is 4.59. The molecule has 2 rings (SSSR count). The third-order valence-corrected chi connectivity index (χ3v) is 4.83. The molecule has 0 saturated heterocycles. The van der Waals surface area contributed by atoms with E-state index < -0.39 is 0 Å². The third-order valence-electron chi connectivity index (χ3n) is 2.91. The van der Waals surface area contributed by atoms with Crippen LogP contribution in [0.2, 0.25) is 0 Å². The predicted molar refractivity (Wildman–Crippen MR) is 84.5 cm³/mol. The van der Waals surface area contributed by atoms with Crippen molar-refractivity contribution in [2.45, 2.75) is 39.3 Å². The molecule has 2 heterocycles. The van der Waals surface area contributed by atoms with Crippen LogP contribution in [-0.2, 0) is 25.6 Å². The molecule has 0 unspecified atom stereocenters. The molecule has 0 bridgehead atoms. The van der Waals surface area contributed by atoms with Crippen LogP contribution in [0.25, 0.3) is 0 Å². The second kappa shape index (κ2) is 5.77. The van der Waals surface area contributed by atoms with Crippen molar-refractivity contribution in [1.82, 2.24) is 15.1 Å². The Morgan fingerprint density at radius 2 is 2.11 bits per heavy atom. The minimum absolute atomic E-state index is 0.0851. The van der Waals surface area contributed by atoms with E-state index in [-0.39, 0.29) is 5.41 Å². The van der Waals surface area contributed by atoms with Gasteiger partial charge in [-0.1, -0.05) is 20.8 Å². The standard InChI is InChI=1S/C14H20BrN3S/c1-14(2,3)13-10(9-18(4)17-13)7-16-8-12-11(15)5-6-19-12/h5-6,9,16H,7-8H2,1-4H3. The summed E-state index contributed by atoms with van der Waals surface area (Å²) in [6, 6.07) is 2.09. The molecular weight excluding hydrogens is 322 g/mol. The van der Waals surface area contributed by atoms with Crippen molar-refractivity contribution >= 4 is 27.3 Å². The molecule has 0 fully saturated rings. The predicted octanol–water partition coefficient (Wildman–Crippen LogP) is 3.83. The van der Waals surface area contributed by atoms with Gasteiger partial charge >= 0.3 is 0 Å². The van der Waals surface area contributed by atoms with Crippen molar-refractivity contribution < 1.29 is 0 Å². The van der Waals surface area contributed by atoms with E-state index in [0.29, 0.717) is 0 Å². The van der Waals surface area contributed by atoms with E-state index in [9.17, 15) is 0 Å². The lowest BCUT2D eigenvalue weighted by atomic mass is 9.89. The van der Waals surface area contributed by atoms with Crippen LogP contribution in [0.1, 0.15) is 36.9 Å². The zero-order valence-corrected chi connectivity index (χ0v) is 14.2. The van der Waals surface area contributed by atoms with Crippen LogP contribution in [0.5, 0.6) is 0 Å². The number of nitrogens with one attached hydrogen (secondary N) is 1. The number of nitrogens with zero attached hydrogens (tertiary/aromatic N) is 2. The highest BCUT2D eigenvalue weighted by Crippen LogP contribution is 2.25. The highest BCUT2D eigenvalue weighted by Gasteiger charge is 2.21. The molecule has 0 atom stereocenters. The molecule has 104 valence electrons. The molecule has 1 N–H and O–H groups in total. The highest BCUT2D eigenvalue weighted by atomic mass is 79.9. The summed E-state index contributed by atoms with van der Waals surface area (Å²) in [5.74, 6) is 0. The first kappa shape index (κ1) is 14.8. The normalized spacial score (nSPS) is 12.1. The molecule has 19 heavy (non-hydrogen) atoms. The van der Waals surface area contributed by atoms with Gasteiger partial charge in [-0.25, -0.2) is 0 Å². The number of rotatable bonds is 4. The topological polar surface area (TPSA) is 29.9 Å². The van der Waals surface area contributed by atoms with Gasteiger partial charge in [0, 0.05) is 46.7 Å². The van der Waals surface area contributed by atoms with Crippen LogP contribution < -0.4 is 5.32 Å². The van der Waals surface area contributed by atoms with E-state index >= 15 is 0 Å². The zero-order valence-electron chi connectivity index (χ0n) is 11.8. The van der Waals surface area contributed by atoms with E-state index in [4.69, 9.17) is 0 Å². The fourth-order valence-corrected chi connectivity index (χ4v) is 3.52. The molecule has 0 saturated carbocycles. The van der Waals surface area contributed by atoms with Crippen LogP contribution in [0.3, 0.4) is 0 Å². The van der Waals surface area contributed by atoms with Gasteiger partial charge in [-0.15, -0.1) is 11.3 Å². The Morgan fingerprint density at radius 3 is 2.68 bits per heavy atom. The Hall–Kier alpha value is -0.650. The lowest BCUT2D eigenvalue weighted by Crippen LogP contribution is -2.18. The number of aryl methyl sites for hydroxylation is 1. The minimum atomic E-state index is 0.0851. The van der Waals surface area contributed by atoms with Crippen LogP contribution >= 0.6 is 27.3 Å². The summed E-state index contributed by atoms with van der Waals surface area (Å²) < 4.78 is 3.09. The summed E-state index contributed by atoms with van der Waals surface area (Å²) in [4.78, 5) is 1.33. The molecule has 0 aliphatic heterocycles. The molecule has 0 spiro atoms. The Kier molecular flexibility index (Phi) is 4.48. The lowest BCUT2D eigenvalue weighted by Gasteiger charge is -2.17. The average molecular weight is 342 g/mol. The summed E-state index contributed by atoms with van der Waals surface area (Å²) in [6.07, 6.45) is 2.11. The maximum atomic E-state index is 4.59. The van der Waals surface area contributed by atoms with Crippen molar-refractivity contribution in [2.24, 2.45) is 7.05 Å². The number of hydrogen-bond donors (Lipinski definition) is 1. The largest absolute Gasteiger partial charge is 0.308 e. The molecule has 0 aliphatic rings. The van der Waals surface area contributed by atoms with Crippen LogP contribution in [-0.4, -0.2) is 9.78 Å². The van der Waals surface area contributed by atoms with Crippen molar-refractivity contribution in [3.8, 4) is 0 Å². The fraction of sp³-hybridized carbons (Fsp3) is 0.500. The number of halogens is 1. The first-order valence-electron chi connectivity index (χ1n) is 6.33. The summed E-state index contributed by atoms with van der Waals surface area (Å²) >= 11 is 5.33. The molecule has 3 nitrogen and oxygen atoms in total. The van der Waals surface area contributed by atoms with Gasteiger partial charge in [0.25, 0.3) is 0 Å². The Bertz CT molecular complexity index is 551. The first-order chi connectivity index (χ1) is 8.88. The monoisotopic (exact) mass is 341 g/mol. The molecule has 2 aromatic heterocycles. The Balaban J connectivity index is 2.02. The van der Waals surface area contributed by atoms with Crippen molar-refractivity contribution in [1.29, 1.82) is 0 Å². The van der Waals surface area contributed by atoms with Gasteiger partial charge in [0.1, 0.15) is 0 Å². The lowest BCUT2D eigenvalue weighted by molar-refractivity contribution is 0.543. The van der Waals surface area contributed by atoms with Crippen LogP contribution in [0.15, 0.2) is 22.1 Å². The van der Waals surface area contributed by atoms with Gasteiger partial charge in [0.05, 0.1) is 5.69 Å². The summed E-state index contributed by atoms with van der Waals surface area (Å²) in [6.45, 7) is 8.35. The third kappa shape index (κ3) is 3.68. The van der Waals surface area contributed by atoms with Gasteiger partial charge < -0.3 is 5.32 Å². The SMILES string of the molecule is Cn1cc(CNCc2sccc2Br)c(C(C)(C)C)n1. The molecule has 2 aromatic rings. The van der Waals surface area contributed by atoms with E-state index in [1.807, 2.05) is 11.7 Å². The minimum Gasteiger partial charge on any atom is -0.308 e. The maximum Gasteiger partial charge on any atom is 0.0722 e. The molecule has 0 aromatic carbocycles. The number of hydrogen-bond acceptors (Lipinski definition) is 3. The van der Waals surface area contributed by atoms with Crippen molar-refractivity contribution in [3.63, 3.8) is 0 Å². The summed E-state index contributed by atoms with van der Waals surface area (Å²) in [5, 5.41) is 10.2. The average Bonchev–Trinajstić information content (AvgIpc) is 2.85. The Labute approximate surface area is 127 Å². The van der Waals surface area contributed by atoms with Crippen molar-refractivity contribution in [2.75, 3.05) is 0 Å². The van der Waals surface area contributed by atoms with E-state index in [2.05, 4.69) is 64.8 Å². The first-order valence-corrected chi connectivity index (χ1v) is 8.01. The molecule has 0 radical (unpaired) electrons. The number of thiophene rings is 1. The van der Waals surface area contributed by atoms with E-state index in [1.165, 1.54) is 20.6 Å². The van der Waals surface area contributed by atoms with Gasteiger partial charge in [-0.3, -0.25) is 4.68 Å². The number of aromatic nitrogens is 2. The van der Waals surface area contributed by atoms with E-state index in [1.54, 1.807) is 11.3 Å². The van der Waals surface area contributed by atoms with Gasteiger partial charge in [-0.2, -0.15) is 5.10 Å².